The number of carbonyl (C=O) groups is 1. The number of hydrogen-bond acceptors (Lipinski definition) is 6. The van der Waals surface area contributed by atoms with Crippen molar-refractivity contribution in [3.8, 4) is 0 Å². The summed E-state index contributed by atoms with van der Waals surface area (Å²) in [5.74, 6) is -0.246. The molecule has 2 aromatic rings. The van der Waals surface area contributed by atoms with E-state index in [-0.39, 0.29) is 28.1 Å². The number of Topliss-reactive ketones (excluding diaryl/α,β-unsaturated/α-hetero) is 1. The standard InChI is InChI=1S/C15H14ClF3N2O3S3/c1-27(23,24)21-5-4-10-2-3-13(26-10)12(22)8-25-14-11(16)6-9(7-20-14)15(17,18)19/h2-3,6-7,21H,4-5,8H2,1H3. The van der Waals surface area contributed by atoms with Gasteiger partial charge in [-0.05, 0) is 24.6 Å². The van der Waals surface area contributed by atoms with Crippen molar-refractivity contribution in [2.75, 3.05) is 18.6 Å². The van der Waals surface area contributed by atoms with E-state index in [9.17, 15) is 26.4 Å². The summed E-state index contributed by atoms with van der Waals surface area (Å²) in [7, 11) is -3.27. The maximum Gasteiger partial charge on any atom is 0.417 e. The van der Waals surface area contributed by atoms with Gasteiger partial charge in [0.1, 0.15) is 5.03 Å². The lowest BCUT2D eigenvalue weighted by Gasteiger charge is -2.08. The second-order valence-electron chi connectivity index (χ2n) is 5.40. The molecule has 0 saturated heterocycles. The zero-order valence-corrected chi connectivity index (χ0v) is 17.0. The van der Waals surface area contributed by atoms with E-state index >= 15 is 0 Å². The van der Waals surface area contributed by atoms with E-state index in [1.165, 1.54) is 11.3 Å². The van der Waals surface area contributed by atoms with Crippen LogP contribution in [-0.2, 0) is 22.6 Å². The van der Waals surface area contributed by atoms with Crippen LogP contribution < -0.4 is 4.72 Å². The van der Waals surface area contributed by atoms with Crippen LogP contribution >= 0.6 is 34.7 Å². The smallest absolute Gasteiger partial charge is 0.292 e. The van der Waals surface area contributed by atoms with Crippen molar-refractivity contribution in [3.63, 3.8) is 0 Å². The van der Waals surface area contributed by atoms with Crippen molar-refractivity contribution in [1.29, 1.82) is 0 Å². The molecule has 0 amide bonds. The minimum atomic E-state index is -4.53. The molecule has 0 radical (unpaired) electrons. The first-order valence-electron chi connectivity index (χ1n) is 7.38. The van der Waals surface area contributed by atoms with Crippen LogP contribution in [0.15, 0.2) is 29.4 Å². The first-order chi connectivity index (χ1) is 12.5. The third-order valence-electron chi connectivity index (χ3n) is 3.15. The Bertz CT molecular complexity index is 930. The minimum Gasteiger partial charge on any atom is -0.292 e. The molecule has 1 N–H and O–H groups in total. The van der Waals surface area contributed by atoms with E-state index in [0.717, 1.165) is 29.0 Å². The molecule has 0 spiro atoms. The summed E-state index contributed by atoms with van der Waals surface area (Å²) in [5, 5.41) is -0.0199. The number of thioether (sulfide) groups is 1. The molecule has 0 aliphatic heterocycles. The molecule has 0 bridgehead atoms. The lowest BCUT2D eigenvalue weighted by atomic mass is 10.3. The van der Waals surface area contributed by atoms with Crippen LogP contribution in [0.25, 0.3) is 0 Å². The average molecular weight is 459 g/mol. The molecule has 0 saturated carbocycles. The van der Waals surface area contributed by atoms with Gasteiger partial charge in [0.25, 0.3) is 0 Å². The third kappa shape index (κ3) is 7.07. The fourth-order valence-corrected chi connectivity index (χ4v) is 4.50. The molecule has 0 aliphatic rings. The fourth-order valence-electron chi connectivity index (χ4n) is 1.91. The minimum absolute atomic E-state index is 0.0281. The zero-order valence-electron chi connectivity index (χ0n) is 13.8. The molecule has 2 heterocycles. The second kappa shape index (κ2) is 8.91. The van der Waals surface area contributed by atoms with Gasteiger partial charge in [0.2, 0.25) is 10.0 Å². The van der Waals surface area contributed by atoms with Gasteiger partial charge < -0.3 is 0 Å². The monoisotopic (exact) mass is 458 g/mol. The van der Waals surface area contributed by atoms with E-state index in [1.807, 2.05) is 0 Å². The zero-order chi connectivity index (χ0) is 20.2. The average Bonchev–Trinajstić information content (AvgIpc) is 3.00. The maximum atomic E-state index is 12.6. The molecular weight excluding hydrogens is 445 g/mol. The number of sulfonamides is 1. The van der Waals surface area contributed by atoms with Gasteiger partial charge in [-0.25, -0.2) is 18.1 Å². The number of rotatable bonds is 8. The predicted molar refractivity (Wildman–Crippen MR) is 100 cm³/mol. The van der Waals surface area contributed by atoms with Gasteiger partial charge in [-0.1, -0.05) is 23.4 Å². The Morgan fingerprint density at radius 2 is 2.07 bits per heavy atom. The van der Waals surface area contributed by atoms with Crippen molar-refractivity contribution in [3.05, 3.63) is 44.7 Å². The number of pyridine rings is 1. The number of thiophene rings is 1. The normalized spacial score (nSPS) is 12.3. The quantitative estimate of drug-likeness (QED) is 0.480. The van der Waals surface area contributed by atoms with Crippen molar-refractivity contribution in [2.45, 2.75) is 17.6 Å². The van der Waals surface area contributed by atoms with Crippen molar-refractivity contribution in [2.24, 2.45) is 0 Å². The number of ketones is 1. The van der Waals surface area contributed by atoms with Crippen LogP contribution in [0.3, 0.4) is 0 Å². The van der Waals surface area contributed by atoms with Gasteiger partial charge in [0, 0.05) is 17.6 Å². The number of halogens is 4. The highest BCUT2D eigenvalue weighted by Crippen LogP contribution is 2.34. The largest absolute Gasteiger partial charge is 0.417 e. The van der Waals surface area contributed by atoms with Crippen molar-refractivity contribution < 1.29 is 26.4 Å². The molecule has 0 aromatic carbocycles. The van der Waals surface area contributed by atoms with Gasteiger partial charge in [-0.2, -0.15) is 13.2 Å². The van der Waals surface area contributed by atoms with Gasteiger partial charge in [0.05, 0.1) is 27.5 Å². The summed E-state index contributed by atoms with van der Waals surface area (Å²) in [6.07, 6.45) is -2.34. The molecule has 0 unspecified atom stereocenters. The number of carbonyl (C=O) groups excluding carboxylic acids is 1. The Labute approximate surface area is 167 Å². The molecule has 0 aliphatic carbocycles. The van der Waals surface area contributed by atoms with Crippen LogP contribution in [0.4, 0.5) is 13.2 Å². The summed E-state index contributed by atoms with van der Waals surface area (Å²) in [4.78, 5) is 17.2. The van der Waals surface area contributed by atoms with E-state index in [2.05, 4.69) is 9.71 Å². The molecule has 27 heavy (non-hydrogen) atoms. The lowest BCUT2D eigenvalue weighted by Crippen LogP contribution is -2.23. The fraction of sp³-hybridized carbons (Fsp3) is 0.333. The highest BCUT2D eigenvalue weighted by Gasteiger charge is 2.31. The predicted octanol–water partition coefficient (Wildman–Crippen LogP) is 3.88. The van der Waals surface area contributed by atoms with Crippen LogP contribution in [-0.4, -0.2) is 37.7 Å². The number of nitrogens with zero attached hydrogens (tertiary/aromatic N) is 1. The molecular formula is C15H14ClF3N2O3S3. The maximum absolute atomic E-state index is 12.6. The van der Waals surface area contributed by atoms with E-state index < -0.39 is 21.8 Å². The Balaban J connectivity index is 1.93. The van der Waals surface area contributed by atoms with Crippen LogP contribution in [0.1, 0.15) is 20.1 Å². The Hall–Kier alpha value is -1.14. The molecule has 12 heteroatoms. The molecule has 148 valence electrons. The summed E-state index contributed by atoms with van der Waals surface area (Å²) in [6, 6.07) is 4.14. The highest BCUT2D eigenvalue weighted by atomic mass is 35.5. The topological polar surface area (TPSA) is 76.1 Å². The van der Waals surface area contributed by atoms with Gasteiger partial charge in [0.15, 0.2) is 5.78 Å². The summed E-state index contributed by atoms with van der Waals surface area (Å²) < 4.78 is 62.2. The molecule has 2 rings (SSSR count). The number of aromatic nitrogens is 1. The van der Waals surface area contributed by atoms with Gasteiger partial charge in [-0.3, -0.25) is 4.79 Å². The Morgan fingerprint density at radius 1 is 1.37 bits per heavy atom. The molecule has 0 atom stereocenters. The van der Waals surface area contributed by atoms with Gasteiger partial charge >= 0.3 is 6.18 Å². The molecule has 0 fully saturated rings. The Morgan fingerprint density at radius 3 is 2.67 bits per heavy atom. The number of alkyl halides is 3. The van der Waals surface area contributed by atoms with Crippen molar-refractivity contribution in [1.82, 2.24) is 9.71 Å². The van der Waals surface area contributed by atoms with Crippen molar-refractivity contribution >= 4 is 50.5 Å². The molecule has 5 nitrogen and oxygen atoms in total. The second-order valence-corrected chi connectivity index (χ2v) is 9.78. The van der Waals surface area contributed by atoms with Gasteiger partial charge in [-0.15, -0.1) is 11.3 Å². The highest BCUT2D eigenvalue weighted by molar-refractivity contribution is 8.00. The van der Waals surface area contributed by atoms with Crippen LogP contribution in [0.5, 0.6) is 0 Å². The summed E-state index contributed by atoms with van der Waals surface area (Å²) >= 11 is 8.01. The van der Waals surface area contributed by atoms with E-state index in [0.29, 0.717) is 17.5 Å². The van der Waals surface area contributed by atoms with Crippen LogP contribution in [0.2, 0.25) is 5.02 Å². The third-order valence-corrected chi connectivity index (χ3v) is 6.47. The SMILES string of the molecule is CS(=O)(=O)NCCc1ccc(C(=O)CSc2ncc(C(F)(F)F)cc2Cl)s1. The molecule has 2 aromatic heterocycles. The van der Waals surface area contributed by atoms with E-state index in [1.54, 1.807) is 12.1 Å². The van der Waals surface area contributed by atoms with E-state index in [4.69, 9.17) is 11.6 Å². The van der Waals surface area contributed by atoms with Crippen LogP contribution in [0, 0.1) is 0 Å². The summed E-state index contributed by atoms with van der Waals surface area (Å²) in [6.45, 7) is 0.229. The first kappa shape index (κ1) is 22.2. The lowest BCUT2D eigenvalue weighted by molar-refractivity contribution is -0.137. The first-order valence-corrected chi connectivity index (χ1v) is 11.4. The summed E-state index contributed by atoms with van der Waals surface area (Å²) in [5.41, 5.74) is -0.950. The number of hydrogen-bond donors (Lipinski definition) is 1. The Kier molecular flexibility index (Phi) is 7.31. The number of nitrogens with one attached hydrogen (secondary N) is 1.